The fraction of sp³-hybridized carbons (Fsp3) is 0.269. The van der Waals surface area contributed by atoms with Gasteiger partial charge in [-0.15, -0.1) is 0 Å². The van der Waals surface area contributed by atoms with Gasteiger partial charge in [0, 0.05) is 11.8 Å². The Morgan fingerprint density at radius 3 is 2.66 bits per heavy atom. The lowest BCUT2D eigenvalue weighted by molar-refractivity contribution is 0.302. The topological polar surface area (TPSA) is 34.1 Å². The minimum atomic E-state index is 0.454. The van der Waals surface area contributed by atoms with Crippen LogP contribution >= 0.6 is 0 Å². The third-order valence-corrected chi connectivity index (χ3v) is 5.48. The van der Waals surface area contributed by atoms with Gasteiger partial charge in [0.15, 0.2) is 0 Å². The first-order valence-corrected chi connectivity index (χ1v) is 10.3. The molecule has 0 fully saturated rings. The van der Waals surface area contributed by atoms with Gasteiger partial charge >= 0.3 is 0 Å². The molecule has 0 unspecified atom stereocenters. The van der Waals surface area contributed by atoms with Crippen molar-refractivity contribution in [2.75, 3.05) is 13.1 Å². The predicted octanol–water partition coefficient (Wildman–Crippen LogP) is 5.36. The van der Waals surface area contributed by atoms with Gasteiger partial charge in [0.05, 0.1) is 5.69 Å². The zero-order valence-corrected chi connectivity index (χ0v) is 17.3. The summed E-state index contributed by atoms with van der Waals surface area (Å²) in [5.74, 6) is 0.880. The summed E-state index contributed by atoms with van der Waals surface area (Å²) in [6, 6.07) is 17.2. The van der Waals surface area contributed by atoms with E-state index in [2.05, 4.69) is 66.3 Å². The number of hydrogen-bond donors (Lipinski definition) is 1. The number of nitrogens with zero attached hydrogens (tertiary/aromatic N) is 1. The first kappa shape index (κ1) is 19.4. The molecule has 0 bridgehead atoms. The highest BCUT2D eigenvalue weighted by Gasteiger charge is 2.13. The molecule has 0 amide bonds. The number of fused-ring (bicyclic) bond motifs is 1. The van der Waals surface area contributed by atoms with E-state index in [9.17, 15) is 0 Å². The van der Waals surface area contributed by atoms with Crippen LogP contribution in [0.1, 0.15) is 34.9 Å². The van der Waals surface area contributed by atoms with E-state index in [0.717, 1.165) is 54.1 Å². The van der Waals surface area contributed by atoms with Crippen molar-refractivity contribution in [1.82, 2.24) is 10.3 Å². The molecule has 3 heteroatoms. The average Bonchev–Trinajstić information content (AvgIpc) is 2.97. The number of nitrogens with one attached hydrogen (secondary N) is 1. The van der Waals surface area contributed by atoms with Crippen LogP contribution in [-0.2, 0) is 19.4 Å². The number of allylic oxidation sites excluding steroid dienone is 1. The van der Waals surface area contributed by atoms with E-state index in [1.165, 1.54) is 22.3 Å². The molecule has 3 nitrogen and oxygen atoms in total. The Bertz CT molecular complexity index is 1040. The van der Waals surface area contributed by atoms with Crippen LogP contribution in [0.5, 0.6) is 5.75 Å². The number of benzene rings is 2. The third kappa shape index (κ3) is 4.57. The van der Waals surface area contributed by atoms with Gasteiger partial charge < -0.3 is 10.1 Å². The van der Waals surface area contributed by atoms with Crippen LogP contribution in [-0.4, -0.2) is 18.1 Å². The number of hydrogen-bond acceptors (Lipinski definition) is 3. The zero-order chi connectivity index (χ0) is 20.2. The fourth-order valence-corrected chi connectivity index (χ4v) is 3.82. The van der Waals surface area contributed by atoms with Crippen LogP contribution in [0.4, 0.5) is 0 Å². The van der Waals surface area contributed by atoms with Crippen LogP contribution in [0.25, 0.3) is 16.7 Å². The molecule has 0 aliphatic carbocycles. The predicted molar refractivity (Wildman–Crippen MR) is 120 cm³/mol. The first-order chi connectivity index (χ1) is 14.1. The molecule has 1 aliphatic heterocycles. The lowest BCUT2D eigenvalue weighted by atomic mass is 9.94. The number of aryl methyl sites for hydroxylation is 1. The molecule has 0 spiro atoms. The SMILES string of the molecule is C=C(C)c1ccc(OCc2cc(C)ccn2)c(-c2ccc3c(c2)CCNCC3)c1. The molecule has 4 rings (SSSR count). The summed E-state index contributed by atoms with van der Waals surface area (Å²) in [6.07, 6.45) is 3.98. The lowest BCUT2D eigenvalue weighted by Crippen LogP contribution is -2.16. The van der Waals surface area contributed by atoms with Gasteiger partial charge in [0.25, 0.3) is 0 Å². The Morgan fingerprint density at radius 1 is 1.03 bits per heavy atom. The molecule has 2 aromatic carbocycles. The molecule has 2 heterocycles. The Kier molecular flexibility index (Phi) is 5.77. The Balaban J connectivity index is 1.69. The van der Waals surface area contributed by atoms with Gasteiger partial charge in [-0.3, -0.25) is 4.98 Å². The van der Waals surface area contributed by atoms with E-state index in [1.807, 2.05) is 19.2 Å². The first-order valence-electron chi connectivity index (χ1n) is 10.3. The number of ether oxygens (including phenoxy) is 1. The standard InChI is InChI=1S/C26H28N2O/c1-18(2)21-6-7-26(29-17-24-14-19(3)8-13-28-24)25(16-21)23-5-4-20-9-11-27-12-10-22(20)15-23/h4-8,13-16,27H,1,9-12,17H2,2-3H3. The van der Waals surface area contributed by atoms with E-state index in [4.69, 9.17) is 4.74 Å². The van der Waals surface area contributed by atoms with Crippen molar-refractivity contribution in [2.24, 2.45) is 0 Å². The van der Waals surface area contributed by atoms with Gasteiger partial charge in [0.1, 0.15) is 12.4 Å². The molecular weight excluding hydrogens is 356 g/mol. The maximum Gasteiger partial charge on any atom is 0.130 e. The molecule has 0 radical (unpaired) electrons. The Morgan fingerprint density at radius 2 is 1.86 bits per heavy atom. The van der Waals surface area contributed by atoms with Gasteiger partial charge in [-0.05, 0) is 91.9 Å². The maximum absolute atomic E-state index is 6.23. The lowest BCUT2D eigenvalue weighted by Gasteiger charge is -2.15. The van der Waals surface area contributed by atoms with Gasteiger partial charge in [0.2, 0.25) is 0 Å². The summed E-state index contributed by atoms with van der Waals surface area (Å²) in [7, 11) is 0. The Hall–Kier alpha value is -2.91. The summed E-state index contributed by atoms with van der Waals surface area (Å²) in [4.78, 5) is 4.42. The highest BCUT2D eigenvalue weighted by atomic mass is 16.5. The quantitative estimate of drug-likeness (QED) is 0.643. The normalized spacial score (nSPS) is 13.4. The van der Waals surface area contributed by atoms with Crippen molar-refractivity contribution in [3.63, 3.8) is 0 Å². The minimum absolute atomic E-state index is 0.454. The summed E-state index contributed by atoms with van der Waals surface area (Å²) in [5.41, 5.74) is 9.50. The highest BCUT2D eigenvalue weighted by Crippen LogP contribution is 2.34. The van der Waals surface area contributed by atoms with E-state index >= 15 is 0 Å². The molecule has 1 N–H and O–H groups in total. The molecule has 148 valence electrons. The minimum Gasteiger partial charge on any atom is -0.487 e. The summed E-state index contributed by atoms with van der Waals surface area (Å²) in [5, 5.41) is 3.49. The molecule has 3 aromatic rings. The maximum atomic E-state index is 6.23. The molecular formula is C26H28N2O. The summed E-state index contributed by atoms with van der Waals surface area (Å²) >= 11 is 0. The van der Waals surface area contributed by atoms with Crippen LogP contribution < -0.4 is 10.1 Å². The van der Waals surface area contributed by atoms with Crippen molar-refractivity contribution in [1.29, 1.82) is 0 Å². The monoisotopic (exact) mass is 384 g/mol. The van der Waals surface area contributed by atoms with Crippen molar-refractivity contribution in [3.8, 4) is 16.9 Å². The van der Waals surface area contributed by atoms with Crippen LogP contribution in [0.15, 0.2) is 61.3 Å². The van der Waals surface area contributed by atoms with E-state index in [0.29, 0.717) is 6.61 Å². The molecule has 0 atom stereocenters. The molecule has 0 saturated carbocycles. The summed E-state index contributed by atoms with van der Waals surface area (Å²) < 4.78 is 6.23. The number of aromatic nitrogens is 1. The van der Waals surface area contributed by atoms with Crippen LogP contribution in [0, 0.1) is 6.92 Å². The Labute approximate surface area is 173 Å². The fourth-order valence-electron chi connectivity index (χ4n) is 3.82. The third-order valence-electron chi connectivity index (χ3n) is 5.48. The average molecular weight is 385 g/mol. The van der Waals surface area contributed by atoms with Crippen molar-refractivity contribution < 1.29 is 4.74 Å². The zero-order valence-electron chi connectivity index (χ0n) is 17.3. The second-order valence-corrected chi connectivity index (χ2v) is 7.84. The smallest absolute Gasteiger partial charge is 0.130 e. The van der Waals surface area contributed by atoms with E-state index < -0.39 is 0 Å². The van der Waals surface area contributed by atoms with Crippen molar-refractivity contribution in [3.05, 3.63) is 89.3 Å². The van der Waals surface area contributed by atoms with Gasteiger partial charge in [-0.25, -0.2) is 0 Å². The van der Waals surface area contributed by atoms with Crippen molar-refractivity contribution in [2.45, 2.75) is 33.3 Å². The van der Waals surface area contributed by atoms with E-state index in [1.54, 1.807) is 0 Å². The van der Waals surface area contributed by atoms with Crippen molar-refractivity contribution >= 4 is 5.57 Å². The number of rotatable bonds is 5. The highest BCUT2D eigenvalue weighted by molar-refractivity contribution is 5.76. The molecule has 0 saturated heterocycles. The second kappa shape index (κ2) is 8.62. The van der Waals surface area contributed by atoms with Crippen LogP contribution in [0.3, 0.4) is 0 Å². The van der Waals surface area contributed by atoms with Gasteiger partial charge in [-0.1, -0.05) is 36.4 Å². The summed E-state index contributed by atoms with van der Waals surface area (Å²) in [6.45, 7) is 10.8. The molecule has 1 aliphatic rings. The van der Waals surface area contributed by atoms with Crippen LogP contribution in [0.2, 0.25) is 0 Å². The second-order valence-electron chi connectivity index (χ2n) is 7.84. The van der Waals surface area contributed by atoms with E-state index in [-0.39, 0.29) is 0 Å². The molecule has 29 heavy (non-hydrogen) atoms. The number of pyridine rings is 1. The largest absolute Gasteiger partial charge is 0.487 e. The molecule has 1 aromatic heterocycles. The van der Waals surface area contributed by atoms with Gasteiger partial charge in [-0.2, -0.15) is 0 Å².